The van der Waals surface area contributed by atoms with Gasteiger partial charge in [0, 0.05) is 23.2 Å². The van der Waals surface area contributed by atoms with Crippen LogP contribution in [0.15, 0.2) is 48.5 Å². The highest BCUT2D eigenvalue weighted by Gasteiger charge is 2.29. The Kier molecular flexibility index (Phi) is 5.46. The fraction of sp³-hybridized carbons (Fsp3) is 0.222. The highest BCUT2D eigenvalue weighted by molar-refractivity contribution is 7.21. The summed E-state index contributed by atoms with van der Waals surface area (Å²) in [6.45, 7) is 4.89. The number of hydrogen-bond donors (Lipinski definition) is 2. The lowest BCUT2D eigenvalue weighted by atomic mass is 9.94. The first kappa shape index (κ1) is 21.9. The maximum absolute atomic E-state index is 13.7. The Morgan fingerprint density at radius 1 is 1.15 bits per heavy atom. The number of nitriles is 1. The van der Waals surface area contributed by atoms with Crippen molar-refractivity contribution in [1.82, 2.24) is 4.98 Å². The normalized spacial score (nSPS) is 13.2. The zero-order valence-electron chi connectivity index (χ0n) is 19.1. The third-order valence-corrected chi connectivity index (χ3v) is 7.52. The topological polar surface area (TPSA) is 109 Å². The van der Waals surface area contributed by atoms with E-state index >= 15 is 0 Å². The molecular weight excluding hydrogens is 442 g/mol. The van der Waals surface area contributed by atoms with Gasteiger partial charge in [0.2, 0.25) is 0 Å². The van der Waals surface area contributed by atoms with Crippen molar-refractivity contribution in [2.45, 2.75) is 32.6 Å². The predicted octanol–water partition coefficient (Wildman–Crippen LogP) is 5.72. The van der Waals surface area contributed by atoms with E-state index in [-0.39, 0.29) is 17.3 Å². The van der Waals surface area contributed by atoms with Crippen molar-refractivity contribution in [3.8, 4) is 17.2 Å². The summed E-state index contributed by atoms with van der Waals surface area (Å²) in [5.41, 5.74) is 18.2. The molecule has 0 spiro atoms. The minimum Gasteiger partial charge on any atom is -0.397 e. The number of nitrogen functional groups attached to an aromatic ring is 2. The third kappa shape index (κ3) is 3.47. The predicted molar refractivity (Wildman–Crippen MR) is 139 cm³/mol. The SMILES string of the molecule is CC(C)c1ccc(-c2c(C#N)c(N)nc3sc(C(=O)N4CCCc5ccccc54)c(N)c23)cc1. The monoisotopic (exact) mass is 467 g/mol. The molecule has 0 radical (unpaired) electrons. The number of carbonyl (C=O) groups excluding carboxylic acids is 1. The van der Waals surface area contributed by atoms with Crippen LogP contribution in [0.4, 0.5) is 17.2 Å². The molecule has 7 heteroatoms. The Morgan fingerprint density at radius 2 is 1.88 bits per heavy atom. The van der Waals surface area contributed by atoms with Crippen molar-refractivity contribution in [1.29, 1.82) is 5.26 Å². The van der Waals surface area contributed by atoms with E-state index in [4.69, 9.17) is 11.5 Å². The lowest BCUT2D eigenvalue weighted by molar-refractivity contribution is 0.0990. The summed E-state index contributed by atoms with van der Waals surface area (Å²) in [4.78, 5) is 20.9. The van der Waals surface area contributed by atoms with Crippen LogP contribution in [0.2, 0.25) is 0 Å². The number of nitrogens with zero attached hydrogens (tertiary/aromatic N) is 3. The lowest BCUT2D eigenvalue weighted by Crippen LogP contribution is -2.35. The number of amides is 1. The molecule has 34 heavy (non-hydrogen) atoms. The average Bonchev–Trinajstić information content (AvgIpc) is 3.18. The largest absolute Gasteiger partial charge is 0.397 e. The number of aromatic nitrogens is 1. The number of hydrogen-bond acceptors (Lipinski definition) is 6. The third-order valence-electron chi connectivity index (χ3n) is 6.43. The molecule has 0 unspecified atom stereocenters. The summed E-state index contributed by atoms with van der Waals surface area (Å²) in [5, 5.41) is 10.5. The maximum atomic E-state index is 13.7. The summed E-state index contributed by atoms with van der Waals surface area (Å²) in [6.07, 6.45) is 1.84. The Morgan fingerprint density at radius 3 is 2.59 bits per heavy atom. The molecule has 0 atom stereocenters. The maximum Gasteiger partial charge on any atom is 0.270 e. The highest BCUT2D eigenvalue weighted by Crippen LogP contribution is 2.43. The van der Waals surface area contributed by atoms with Gasteiger partial charge in [-0.3, -0.25) is 4.79 Å². The Labute approximate surface area is 202 Å². The second-order valence-electron chi connectivity index (χ2n) is 8.85. The molecule has 170 valence electrons. The molecule has 4 aromatic rings. The Bertz CT molecular complexity index is 1460. The molecule has 0 aliphatic carbocycles. The first-order chi connectivity index (χ1) is 16.4. The van der Waals surface area contributed by atoms with E-state index in [0.717, 1.165) is 29.7 Å². The minimum atomic E-state index is -0.147. The first-order valence-electron chi connectivity index (χ1n) is 11.3. The van der Waals surface area contributed by atoms with Crippen molar-refractivity contribution in [3.05, 3.63) is 70.1 Å². The van der Waals surface area contributed by atoms with Crippen LogP contribution >= 0.6 is 11.3 Å². The van der Waals surface area contributed by atoms with Gasteiger partial charge in [-0.2, -0.15) is 5.26 Å². The van der Waals surface area contributed by atoms with Crippen LogP contribution in [0.5, 0.6) is 0 Å². The zero-order chi connectivity index (χ0) is 24.0. The summed E-state index contributed by atoms with van der Waals surface area (Å²) >= 11 is 1.23. The van der Waals surface area contributed by atoms with E-state index in [1.165, 1.54) is 16.9 Å². The Balaban J connectivity index is 1.69. The number of benzene rings is 2. The number of para-hydroxylation sites is 1. The van der Waals surface area contributed by atoms with Crippen molar-refractivity contribution < 1.29 is 4.79 Å². The number of aryl methyl sites for hydroxylation is 1. The van der Waals surface area contributed by atoms with Crippen molar-refractivity contribution in [3.63, 3.8) is 0 Å². The number of carbonyl (C=O) groups is 1. The van der Waals surface area contributed by atoms with E-state index in [2.05, 4.69) is 31.0 Å². The van der Waals surface area contributed by atoms with Crippen LogP contribution in [-0.2, 0) is 6.42 Å². The quantitative estimate of drug-likeness (QED) is 0.401. The molecule has 0 saturated carbocycles. The molecule has 1 aliphatic heterocycles. The number of nitrogens with two attached hydrogens (primary N) is 2. The van der Waals surface area contributed by atoms with Gasteiger partial charge in [-0.25, -0.2) is 4.98 Å². The molecule has 4 N–H and O–H groups in total. The molecule has 1 aliphatic rings. The van der Waals surface area contributed by atoms with Crippen molar-refractivity contribution in [2.24, 2.45) is 0 Å². The van der Waals surface area contributed by atoms with Gasteiger partial charge in [-0.05, 0) is 41.5 Å². The molecule has 0 saturated heterocycles. The second kappa shape index (κ2) is 8.47. The Hall–Kier alpha value is -3.89. The van der Waals surface area contributed by atoms with Crippen molar-refractivity contribution >= 4 is 44.7 Å². The number of fused-ring (bicyclic) bond motifs is 2. The zero-order valence-corrected chi connectivity index (χ0v) is 19.9. The van der Waals surface area contributed by atoms with Crippen LogP contribution in [0.25, 0.3) is 21.3 Å². The smallest absolute Gasteiger partial charge is 0.270 e. The van der Waals surface area contributed by atoms with Crippen LogP contribution < -0.4 is 16.4 Å². The molecule has 0 fully saturated rings. The molecule has 2 aromatic heterocycles. The van der Waals surface area contributed by atoms with Crippen LogP contribution in [0.3, 0.4) is 0 Å². The molecule has 2 aromatic carbocycles. The summed E-state index contributed by atoms with van der Waals surface area (Å²) in [5.74, 6) is 0.377. The lowest BCUT2D eigenvalue weighted by Gasteiger charge is -2.29. The van der Waals surface area contributed by atoms with Gasteiger partial charge in [0.05, 0.1) is 5.69 Å². The first-order valence-corrected chi connectivity index (χ1v) is 12.1. The van der Waals surface area contributed by atoms with E-state index in [1.807, 2.05) is 42.5 Å². The van der Waals surface area contributed by atoms with Gasteiger partial charge in [-0.1, -0.05) is 56.3 Å². The fourth-order valence-corrected chi connectivity index (χ4v) is 5.69. The number of anilines is 3. The van der Waals surface area contributed by atoms with Crippen LogP contribution in [0, 0.1) is 11.3 Å². The van der Waals surface area contributed by atoms with E-state index in [9.17, 15) is 10.1 Å². The second-order valence-corrected chi connectivity index (χ2v) is 9.85. The molecule has 1 amide bonds. The standard InChI is InChI=1S/C27H25N5OS/c1-15(2)16-9-11-18(12-10-16)21-19(14-28)25(30)31-26-22(21)23(29)24(34-26)27(33)32-13-5-7-17-6-3-4-8-20(17)32/h3-4,6,8-12,15H,5,7,13,29H2,1-2H3,(H2,30,31). The number of rotatable bonds is 3. The number of pyridine rings is 1. The number of thiophene rings is 1. The van der Waals surface area contributed by atoms with Gasteiger partial charge < -0.3 is 16.4 Å². The van der Waals surface area contributed by atoms with Gasteiger partial charge in [0.15, 0.2) is 0 Å². The van der Waals surface area contributed by atoms with Crippen LogP contribution in [0.1, 0.15) is 52.5 Å². The summed E-state index contributed by atoms with van der Waals surface area (Å²) in [6, 6.07) is 18.2. The van der Waals surface area contributed by atoms with E-state index in [0.29, 0.717) is 38.8 Å². The summed E-state index contributed by atoms with van der Waals surface area (Å²) in [7, 11) is 0. The average molecular weight is 468 g/mol. The highest BCUT2D eigenvalue weighted by atomic mass is 32.1. The van der Waals surface area contributed by atoms with Gasteiger partial charge in [0.25, 0.3) is 5.91 Å². The van der Waals surface area contributed by atoms with Crippen LogP contribution in [-0.4, -0.2) is 17.4 Å². The fourth-order valence-electron chi connectivity index (χ4n) is 4.63. The molecule has 5 rings (SSSR count). The van der Waals surface area contributed by atoms with Gasteiger partial charge in [-0.15, -0.1) is 11.3 Å². The molecule has 3 heterocycles. The van der Waals surface area contributed by atoms with E-state index < -0.39 is 0 Å². The van der Waals surface area contributed by atoms with E-state index in [1.54, 1.807) is 4.90 Å². The van der Waals surface area contributed by atoms with Crippen molar-refractivity contribution in [2.75, 3.05) is 22.9 Å². The van der Waals surface area contributed by atoms with Gasteiger partial charge in [0.1, 0.15) is 27.2 Å². The molecule has 0 bridgehead atoms. The summed E-state index contributed by atoms with van der Waals surface area (Å²) < 4.78 is 0. The minimum absolute atomic E-state index is 0.140. The van der Waals surface area contributed by atoms with Gasteiger partial charge >= 0.3 is 0 Å². The molecule has 6 nitrogen and oxygen atoms in total. The molecular formula is C27H25N5OS.